The number of nitrogens with zero attached hydrogens (tertiary/aromatic N) is 2. The summed E-state index contributed by atoms with van der Waals surface area (Å²) in [7, 11) is 0. The average Bonchev–Trinajstić information content (AvgIpc) is 3.00. The minimum absolute atomic E-state index is 0.0492. The maximum absolute atomic E-state index is 12.4. The third-order valence-electron chi connectivity index (χ3n) is 7.16. The highest BCUT2D eigenvalue weighted by molar-refractivity contribution is 6.13. The number of piperidine rings is 1. The number of hydrogen-bond donors (Lipinski definition) is 1. The Morgan fingerprint density at radius 3 is 2.25 bits per heavy atom. The van der Waals surface area contributed by atoms with Gasteiger partial charge in [-0.1, -0.05) is 18.6 Å². The van der Waals surface area contributed by atoms with E-state index in [1.807, 2.05) is 18.2 Å². The van der Waals surface area contributed by atoms with Crippen LogP contribution in [0, 0.1) is 0 Å². The van der Waals surface area contributed by atoms with E-state index in [0.29, 0.717) is 19.6 Å². The van der Waals surface area contributed by atoms with Gasteiger partial charge in [-0.15, -0.1) is 0 Å². The summed E-state index contributed by atoms with van der Waals surface area (Å²) < 4.78 is 27.7. The Hall–Kier alpha value is -5.23. The van der Waals surface area contributed by atoms with Crippen molar-refractivity contribution in [1.82, 2.24) is 9.88 Å². The van der Waals surface area contributed by atoms with Crippen molar-refractivity contribution in [2.75, 3.05) is 31.6 Å². The molecule has 226 valence electrons. The molecule has 0 radical (unpaired) electrons. The molecule has 2 aromatic carbocycles. The number of nitrogens with one attached hydrogen (secondary N) is 1. The van der Waals surface area contributed by atoms with Crippen LogP contribution in [0.3, 0.4) is 0 Å². The monoisotopic (exact) mass is 599 g/mol. The number of benzene rings is 2. The fourth-order valence-electron chi connectivity index (χ4n) is 5.18. The van der Waals surface area contributed by atoms with E-state index in [0.717, 1.165) is 49.6 Å². The molecule has 1 aliphatic heterocycles. The summed E-state index contributed by atoms with van der Waals surface area (Å²) >= 11 is 0. The zero-order valence-electron chi connectivity index (χ0n) is 23.7. The van der Waals surface area contributed by atoms with Gasteiger partial charge in [-0.3, -0.25) is 4.90 Å². The molecule has 4 heterocycles. The first-order valence-corrected chi connectivity index (χ1v) is 14.3. The van der Waals surface area contributed by atoms with Crippen LogP contribution in [0.15, 0.2) is 97.5 Å². The van der Waals surface area contributed by atoms with Gasteiger partial charge >= 0.3 is 22.5 Å². The zero-order chi connectivity index (χ0) is 30.5. The molecule has 6 rings (SSSR count). The first kappa shape index (κ1) is 28.9. The molecule has 1 aliphatic rings. The van der Waals surface area contributed by atoms with Crippen molar-refractivity contribution in [1.29, 1.82) is 0 Å². The Kier molecular flexibility index (Phi) is 8.50. The van der Waals surface area contributed by atoms with Crippen LogP contribution in [0.1, 0.15) is 31.2 Å². The summed E-state index contributed by atoms with van der Waals surface area (Å²) in [6.07, 6.45) is 4.25. The number of hydrogen-bond acceptors (Lipinski definition) is 12. The van der Waals surface area contributed by atoms with E-state index in [-0.39, 0.29) is 39.1 Å². The van der Waals surface area contributed by atoms with Crippen LogP contribution in [0.5, 0.6) is 5.75 Å². The van der Waals surface area contributed by atoms with Crippen molar-refractivity contribution in [2.24, 2.45) is 0 Å². The van der Waals surface area contributed by atoms with Gasteiger partial charge in [-0.25, -0.2) is 24.2 Å². The Morgan fingerprint density at radius 1 is 0.773 bits per heavy atom. The maximum atomic E-state index is 12.4. The van der Waals surface area contributed by atoms with Crippen LogP contribution in [0.25, 0.3) is 33.4 Å². The van der Waals surface area contributed by atoms with Crippen molar-refractivity contribution < 1.29 is 22.4 Å². The lowest BCUT2D eigenvalue weighted by molar-refractivity contribution is 0.220. The molecule has 12 nitrogen and oxygen atoms in total. The van der Waals surface area contributed by atoms with Crippen LogP contribution in [-0.2, 0) is 6.54 Å². The van der Waals surface area contributed by atoms with Crippen molar-refractivity contribution >= 4 is 39.1 Å². The second-order valence-electron chi connectivity index (χ2n) is 10.4. The van der Waals surface area contributed by atoms with E-state index in [9.17, 15) is 19.2 Å². The summed E-state index contributed by atoms with van der Waals surface area (Å²) in [4.78, 5) is 56.0. The van der Waals surface area contributed by atoms with E-state index >= 15 is 0 Å². The molecule has 5 aromatic rings. The zero-order valence-corrected chi connectivity index (χ0v) is 23.7. The Morgan fingerprint density at radius 2 is 1.48 bits per heavy atom. The molecule has 0 atom stereocenters. The van der Waals surface area contributed by atoms with E-state index in [2.05, 4.69) is 21.3 Å². The van der Waals surface area contributed by atoms with E-state index in [1.165, 1.54) is 37.0 Å². The largest absolute Gasteiger partial charge is 0.494 e. The van der Waals surface area contributed by atoms with Gasteiger partial charge in [-0.2, -0.15) is 0 Å². The SMILES string of the molecule is O=c1ccc(=O)oc2c(ccc3nc4oc(=O)ccc(=O)oc4c(NCCCOc4cccc(CN5CCCCC5)c4)c32)o1. The van der Waals surface area contributed by atoms with E-state index in [1.54, 1.807) is 0 Å². The van der Waals surface area contributed by atoms with Crippen molar-refractivity contribution in [3.63, 3.8) is 0 Å². The molecule has 1 fully saturated rings. The van der Waals surface area contributed by atoms with Gasteiger partial charge in [0.15, 0.2) is 11.2 Å². The minimum atomic E-state index is -0.843. The topological polar surface area (TPSA) is 158 Å². The van der Waals surface area contributed by atoms with Crippen molar-refractivity contribution in [2.45, 2.75) is 32.2 Å². The van der Waals surface area contributed by atoms with Crippen LogP contribution < -0.4 is 32.6 Å². The van der Waals surface area contributed by atoms with Crippen molar-refractivity contribution in [3.05, 3.63) is 108 Å². The lowest BCUT2D eigenvalue weighted by Crippen LogP contribution is -2.29. The van der Waals surface area contributed by atoms with Crippen LogP contribution in [-0.4, -0.2) is 36.1 Å². The van der Waals surface area contributed by atoms with Gasteiger partial charge in [0, 0.05) is 37.4 Å². The number of likely N-dealkylation sites (tertiary alicyclic amines) is 1. The summed E-state index contributed by atoms with van der Waals surface area (Å²) in [5.74, 6) is 0.759. The lowest BCUT2D eigenvalue weighted by atomic mass is 10.1. The van der Waals surface area contributed by atoms with E-state index < -0.39 is 22.5 Å². The fourth-order valence-corrected chi connectivity index (χ4v) is 5.18. The number of pyridine rings is 1. The second-order valence-corrected chi connectivity index (χ2v) is 10.4. The molecule has 3 aromatic heterocycles. The summed E-state index contributed by atoms with van der Waals surface area (Å²) in [6, 6.07) is 14.7. The molecular weight excluding hydrogens is 570 g/mol. The Labute approximate surface area is 248 Å². The standard InChI is InChI=1S/C32H29N3O9/c36-24-10-11-25(37)42-30-23(41-24)9-8-22-28(30)29(31-32(34-22)44-27(39)13-12-26(38)43-31)33-14-5-17-40-21-7-4-6-20(18-21)19-35-15-2-1-3-16-35/h4,6-13,18H,1-3,5,14-17,19H2,(H,33,34). The molecule has 44 heavy (non-hydrogen) atoms. The molecule has 0 spiro atoms. The normalized spacial score (nSPS) is 13.6. The Balaban J connectivity index is 1.32. The van der Waals surface area contributed by atoms with Crippen molar-refractivity contribution in [3.8, 4) is 5.75 Å². The predicted octanol–water partition coefficient (Wildman–Crippen LogP) is 4.35. The van der Waals surface area contributed by atoms with Crippen LogP contribution >= 0.6 is 0 Å². The van der Waals surface area contributed by atoms with Gasteiger partial charge in [0.25, 0.3) is 5.71 Å². The average molecular weight is 600 g/mol. The highest BCUT2D eigenvalue weighted by atomic mass is 16.5. The number of fused-ring (bicyclic) bond motifs is 4. The number of aromatic nitrogens is 1. The van der Waals surface area contributed by atoms with Gasteiger partial charge in [0.1, 0.15) is 5.75 Å². The number of rotatable bonds is 8. The molecule has 0 bridgehead atoms. The van der Waals surface area contributed by atoms with Crippen LogP contribution in [0.4, 0.5) is 5.69 Å². The predicted molar refractivity (Wildman–Crippen MR) is 163 cm³/mol. The quantitative estimate of drug-likeness (QED) is 0.252. The first-order chi connectivity index (χ1) is 21.4. The summed E-state index contributed by atoms with van der Waals surface area (Å²) in [5, 5.41) is 3.37. The molecule has 1 saturated heterocycles. The van der Waals surface area contributed by atoms with Gasteiger partial charge in [0.05, 0.1) is 23.2 Å². The molecule has 12 heteroatoms. The highest BCUT2D eigenvalue weighted by Gasteiger charge is 2.18. The number of anilines is 1. The van der Waals surface area contributed by atoms with Gasteiger partial charge < -0.3 is 27.7 Å². The molecular formula is C32H29N3O9. The lowest BCUT2D eigenvalue weighted by Gasteiger charge is -2.26. The molecule has 0 unspecified atom stereocenters. The molecule has 1 N–H and O–H groups in total. The summed E-state index contributed by atoms with van der Waals surface area (Å²) in [6.45, 7) is 3.76. The van der Waals surface area contributed by atoms with Gasteiger partial charge in [-0.05, 0) is 62.2 Å². The van der Waals surface area contributed by atoms with E-state index in [4.69, 9.17) is 22.4 Å². The van der Waals surface area contributed by atoms with Gasteiger partial charge in [0.2, 0.25) is 5.58 Å². The molecule has 0 amide bonds. The third-order valence-corrected chi connectivity index (χ3v) is 7.16. The molecule has 0 saturated carbocycles. The Bertz CT molecular complexity index is 2120. The minimum Gasteiger partial charge on any atom is -0.494 e. The first-order valence-electron chi connectivity index (χ1n) is 14.3. The smallest absolute Gasteiger partial charge is 0.337 e. The highest BCUT2D eigenvalue weighted by Crippen LogP contribution is 2.34. The summed E-state index contributed by atoms with van der Waals surface area (Å²) in [5.41, 5.74) is -2.34. The van der Waals surface area contributed by atoms with Crippen LogP contribution in [0.2, 0.25) is 0 Å². The third kappa shape index (κ3) is 6.70. The number of ether oxygens (including phenoxy) is 1. The fraction of sp³-hybridized carbons (Fsp3) is 0.281. The second kappa shape index (κ2) is 13.0. The maximum Gasteiger partial charge on any atom is 0.337 e. The molecule has 0 aliphatic carbocycles.